The average molecular weight is 259 g/mol. The van der Waals surface area contributed by atoms with E-state index < -0.39 is 0 Å². The lowest BCUT2D eigenvalue weighted by molar-refractivity contribution is 0.194. The van der Waals surface area contributed by atoms with Crippen molar-refractivity contribution in [2.24, 2.45) is 0 Å². The molecule has 2 aliphatic rings. The van der Waals surface area contributed by atoms with Crippen LogP contribution in [0, 0.1) is 0 Å². The van der Waals surface area contributed by atoms with Gasteiger partial charge in [0.25, 0.3) is 0 Å². The number of hydrogen-bond acceptors (Lipinski definition) is 3. The van der Waals surface area contributed by atoms with Gasteiger partial charge < -0.3 is 5.32 Å². The van der Waals surface area contributed by atoms with Crippen LogP contribution in [0.4, 0.5) is 0 Å². The number of rotatable bonds is 2. The molecule has 3 rings (SSSR count). The van der Waals surface area contributed by atoms with E-state index >= 15 is 0 Å². The summed E-state index contributed by atoms with van der Waals surface area (Å²) in [6, 6.07) is 3.89. The van der Waals surface area contributed by atoms with Gasteiger partial charge in [-0.2, -0.15) is 11.3 Å². The Balaban J connectivity index is 0.000000963. The minimum absolute atomic E-state index is 0. The van der Waals surface area contributed by atoms with Gasteiger partial charge in [-0.3, -0.25) is 4.90 Å². The minimum Gasteiger partial charge on any atom is -0.315 e. The summed E-state index contributed by atoms with van der Waals surface area (Å²) in [5, 5.41) is 8.03. The van der Waals surface area contributed by atoms with E-state index in [4.69, 9.17) is 0 Å². The third kappa shape index (κ3) is 2.43. The van der Waals surface area contributed by atoms with Crippen LogP contribution in [0.3, 0.4) is 0 Å². The van der Waals surface area contributed by atoms with Crippen molar-refractivity contribution in [3.63, 3.8) is 0 Å². The van der Waals surface area contributed by atoms with Crippen LogP contribution in [0.25, 0.3) is 0 Å². The van der Waals surface area contributed by atoms with Crippen LogP contribution in [0.2, 0.25) is 0 Å². The van der Waals surface area contributed by atoms with Crippen LogP contribution < -0.4 is 5.32 Å². The predicted octanol–water partition coefficient (Wildman–Crippen LogP) is 2.50. The van der Waals surface area contributed by atoms with Gasteiger partial charge in [0, 0.05) is 25.2 Å². The van der Waals surface area contributed by atoms with Crippen molar-refractivity contribution in [2.75, 3.05) is 13.1 Å². The number of nitrogens with one attached hydrogen (secondary N) is 1. The number of nitrogens with zero attached hydrogens (tertiary/aromatic N) is 1. The molecular weight excluding hydrogens is 240 g/mol. The molecule has 2 aliphatic heterocycles. The minimum atomic E-state index is 0. The van der Waals surface area contributed by atoms with Crippen LogP contribution in [-0.2, 0) is 6.54 Å². The molecule has 3 heterocycles. The summed E-state index contributed by atoms with van der Waals surface area (Å²) in [5.41, 5.74) is 1.50. The SMILES string of the molecule is Cl.c1cc(CN2C3CCNCC2CC3)cs1. The van der Waals surface area contributed by atoms with Gasteiger partial charge in [-0.15, -0.1) is 12.4 Å². The summed E-state index contributed by atoms with van der Waals surface area (Å²) in [7, 11) is 0. The molecule has 0 radical (unpaired) electrons. The average Bonchev–Trinajstić information content (AvgIpc) is 2.76. The summed E-state index contributed by atoms with van der Waals surface area (Å²) in [5.74, 6) is 0. The second-order valence-corrected chi connectivity index (χ2v) is 5.46. The Kier molecular flexibility index (Phi) is 4.25. The van der Waals surface area contributed by atoms with Crippen molar-refractivity contribution in [1.82, 2.24) is 10.2 Å². The van der Waals surface area contributed by atoms with Crippen LogP contribution >= 0.6 is 23.7 Å². The second kappa shape index (κ2) is 5.50. The van der Waals surface area contributed by atoms with Gasteiger partial charge in [-0.25, -0.2) is 0 Å². The molecule has 90 valence electrons. The first-order chi connectivity index (χ1) is 7.43. The molecule has 2 nitrogen and oxygen atoms in total. The molecule has 0 spiro atoms. The molecule has 1 aromatic heterocycles. The van der Waals surface area contributed by atoms with Crippen LogP contribution in [-0.4, -0.2) is 30.1 Å². The zero-order valence-electron chi connectivity index (χ0n) is 9.39. The maximum Gasteiger partial charge on any atom is 0.0248 e. The van der Waals surface area contributed by atoms with Gasteiger partial charge in [-0.1, -0.05) is 0 Å². The molecule has 0 saturated carbocycles. The van der Waals surface area contributed by atoms with Gasteiger partial charge >= 0.3 is 0 Å². The highest BCUT2D eigenvalue weighted by Crippen LogP contribution is 2.29. The zero-order valence-corrected chi connectivity index (χ0v) is 11.0. The van der Waals surface area contributed by atoms with Gasteiger partial charge in [0.2, 0.25) is 0 Å². The molecule has 2 fully saturated rings. The first-order valence-corrected chi connectivity index (χ1v) is 6.85. The highest BCUT2D eigenvalue weighted by atomic mass is 35.5. The highest BCUT2D eigenvalue weighted by molar-refractivity contribution is 7.07. The highest BCUT2D eigenvalue weighted by Gasteiger charge is 2.34. The van der Waals surface area contributed by atoms with Crippen molar-refractivity contribution in [1.29, 1.82) is 0 Å². The molecule has 2 saturated heterocycles. The molecule has 2 bridgehead atoms. The van der Waals surface area contributed by atoms with Gasteiger partial charge in [-0.05, 0) is 48.2 Å². The van der Waals surface area contributed by atoms with E-state index in [1.807, 2.05) is 11.3 Å². The maximum absolute atomic E-state index is 3.55. The summed E-state index contributed by atoms with van der Waals surface area (Å²) in [6.45, 7) is 3.57. The largest absolute Gasteiger partial charge is 0.315 e. The third-order valence-corrected chi connectivity index (χ3v) is 4.48. The number of halogens is 1. The normalized spacial score (nSPS) is 29.8. The maximum atomic E-state index is 3.55. The molecule has 16 heavy (non-hydrogen) atoms. The van der Waals surface area contributed by atoms with Gasteiger partial charge in [0.1, 0.15) is 0 Å². The molecule has 0 aliphatic carbocycles. The molecule has 1 aromatic rings. The van der Waals surface area contributed by atoms with Gasteiger partial charge in [0.05, 0.1) is 0 Å². The van der Waals surface area contributed by atoms with Crippen molar-refractivity contribution >= 4 is 23.7 Å². The Hall–Kier alpha value is -0.0900. The molecule has 0 amide bonds. The summed E-state index contributed by atoms with van der Waals surface area (Å²) in [6.07, 6.45) is 4.14. The number of fused-ring (bicyclic) bond motifs is 2. The van der Waals surface area contributed by atoms with E-state index in [-0.39, 0.29) is 12.4 Å². The quantitative estimate of drug-likeness (QED) is 0.877. The topological polar surface area (TPSA) is 15.3 Å². The fraction of sp³-hybridized carbons (Fsp3) is 0.667. The summed E-state index contributed by atoms with van der Waals surface area (Å²) >= 11 is 1.81. The first-order valence-electron chi connectivity index (χ1n) is 5.91. The lowest BCUT2D eigenvalue weighted by Gasteiger charge is -2.27. The standard InChI is InChI=1S/C12H18N2S.ClH/c1-2-12-7-13-5-3-11(1)14(12)8-10-4-6-15-9-10;/h4,6,9,11-13H,1-3,5,7-8H2;1H. The molecule has 0 aromatic carbocycles. The van der Waals surface area contributed by atoms with E-state index in [1.54, 1.807) is 0 Å². The van der Waals surface area contributed by atoms with E-state index in [1.165, 1.54) is 44.5 Å². The Labute approximate surface area is 107 Å². The lowest BCUT2D eigenvalue weighted by atomic mass is 10.1. The van der Waals surface area contributed by atoms with Crippen LogP contribution in [0.1, 0.15) is 24.8 Å². The number of thiophene rings is 1. The second-order valence-electron chi connectivity index (χ2n) is 4.68. The molecule has 2 atom stereocenters. The lowest BCUT2D eigenvalue weighted by Crippen LogP contribution is -2.37. The van der Waals surface area contributed by atoms with Crippen LogP contribution in [0.5, 0.6) is 0 Å². The number of hydrogen-bond donors (Lipinski definition) is 1. The van der Waals surface area contributed by atoms with Crippen molar-refractivity contribution in [3.05, 3.63) is 22.4 Å². The van der Waals surface area contributed by atoms with E-state index in [9.17, 15) is 0 Å². The van der Waals surface area contributed by atoms with Crippen molar-refractivity contribution in [3.8, 4) is 0 Å². The Morgan fingerprint density at radius 3 is 3.00 bits per heavy atom. The Bertz CT molecular complexity index is 301. The summed E-state index contributed by atoms with van der Waals surface area (Å²) < 4.78 is 0. The smallest absolute Gasteiger partial charge is 0.0248 e. The van der Waals surface area contributed by atoms with E-state index in [2.05, 4.69) is 27.0 Å². The van der Waals surface area contributed by atoms with Crippen molar-refractivity contribution in [2.45, 2.75) is 37.9 Å². The van der Waals surface area contributed by atoms with Crippen molar-refractivity contribution < 1.29 is 0 Å². The monoisotopic (exact) mass is 258 g/mol. The molecule has 2 unspecified atom stereocenters. The fourth-order valence-corrected chi connectivity index (χ4v) is 3.59. The molecule has 4 heteroatoms. The van der Waals surface area contributed by atoms with Gasteiger partial charge in [0.15, 0.2) is 0 Å². The molecular formula is C12H19ClN2S. The first kappa shape index (κ1) is 12.4. The summed E-state index contributed by atoms with van der Waals surface area (Å²) in [4.78, 5) is 2.72. The van der Waals surface area contributed by atoms with Crippen LogP contribution in [0.15, 0.2) is 16.8 Å². The molecule has 1 N–H and O–H groups in total. The van der Waals surface area contributed by atoms with E-state index in [0.29, 0.717) is 0 Å². The van der Waals surface area contributed by atoms with E-state index in [0.717, 1.165) is 12.1 Å². The Morgan fingerprint density at radius 2 is 2.19 bits per heavy atom. The zero-order chi connectivity index (χ0) is 10.1. The predicted molar refractivity (Wildman–Crippen MR) is 71.4 cm³/mol. The Morgan fingerprint density at radius 1 is 1.31 bits per heavy atom. The third-order valence-electron chi connectivity index (χ3n) is 3.75. The fourth-order valence-electron chi connectivity index (χ4n) is 2.93.